The lowest BCUT2D eigenvalue weighted by Gasteiger charge is -2.22. The highest BCUT2D eigenvalue weighted by molar-refractivity contribution is 5.47. The van der Waals surface area contributed by atoms with Crippen molar-refractivity contribution in [2.45, 2.75) is 26.3 Å². The van der Waals surface area contributed by atoms with Crippen molar-refractivity contribution in [3.8, 4) is 17.4 Å². The highest BCUT2D eigenvalue weighted by Crippen LogP contribution is 2.34. The van der Waals surface area contributed by atoms with Crippen LogP contribution in [-0.2, 0) is 0 Å². The second-order valence-corrected chi connectivity index (χ2v) is 5.18. The fourth-order valence-corrected chi connectivity index (χ4v) is 2.52. The first kappa shape index (κ1) is 15.4. The number of nitrogens with zero attached hydrogens (tertiary/aromatic N) is 2. The first-order valence-corrected chi connectivity index (χ1v) is 7.91. The largest absolute Gasteiger partial charge is 0.486 e. The van der Waals surface area contributed by atoms with Crippen LogP contribution < -0.4 is 19.5 Å². The maximum atomic E-state index is 5.66. The fraction of sp³-hybridized carbons (Fsp3) is 0.412. The van der Waals surface area contributed by atoms with Gasteiger partial charge in [0.2, 0.25) is 5.88 Å². The summed E-state index contributed by atoms with van der Waals surface area (Å²) in [6.45, 7) is 5.82. The number of hydrogen-bond donors (Lipinski definition) is 1. The minimum absolute atomic E-state index is 0.121. The molecule has 6 heteroatoms. The molecular weight excluding hydrogens is 294 g/mol. The fourth-order valence-electron chi connectivity index (χ4n) is 2.52. The number of nitrogens with one attached hydrogen (secondary N) is 1. The van der Waals surface area contributed by atoms with Crippen LogP contribution in [0.5, 0.6) is 17.4 Å². The van der Waals surface area contributed by atoms with E-state index in [1.54, 1.807) is 0 Å². The molecule has 1 unspecified atom stereocenters. The molecule has 23 heavy (non-hydrogen) atoms. The summed E-state index contributed by atoms with van der Waals surface area (Å²) < 4.78 is 16.6. The van der Waals surface area contributed by atoms with Gasteiger partial charge in [-0.25, -0.2) is 9.97 Å². The summed E-state index contributed by atoms with van der Waals surface area (Å²) in [6, 6.07) is 7.97. The lowest BCUT2D eigenvalue weighted by Crippen LogP contribution is -2.16. The average molecular weight is 315 g/mol. The predicted molar refractivity (Wildman–Crippen MR) is 87.3 cm³/mol. The predicted octanol–water partition coefficient (Wildman–Crippen LogP) is 3.21. The number of rotatable bonds is 6. The van der Waals surface area contributed by atoms with E-state index in [9.17, 15) is 0 Å². The molecule has 1 aromatic heterocycles. The minimum Gasteiger partial charge on any atom is -0.486 e. The second-order valence-electron chi connectivity index (χ2n) is 5.18. The summed E-state index contributed by atoms with van der Waals surface area (Å²) in [4.78, 5) is 8.35. The van der Waals surface area contributed by atoms with Crippen LogP contribution in [0.25, 0.3) is 0 Å². The van der Waals surface area contributed by atoms with E-state index < -0.39 is 0 Å². The average Bonchev–Trinajstić information content (AvgIpc) is 2.60. The van der Waals surface area contributed by atoms with Gasteiger partial charge in [0.05, 0.1) is 12.6 Å². The van der Waals surface area contributed by atoms with Gasteiger partial charge in [0, 0.05) is 6.07 Å². The number of fused-ring (bicyclic) bond motifs is 1. The molecule has 122 valence electrons. The van der Waals surface area contributed by atoms with E-state index >= 15 is 0 Å². The van der Waals surface area contributed by atoms with Gasteiger partial charge in [0.15, 0.2) is 11.5 Å². The van der Waals surface area contributed by atoms with Crippen LogP contribution in [0.3, 0.4) is 0 Å². The van der Waals surface area contributed by atoms with E-state index in [4.69, 9.17) is 14.2 Å². The first-order valence-electron chi connectivity index (χ1n) is 7.91. The lowest BCUT2D eigenvalue weighted by atomic mass is 10.0. The van der Waals surface area contributed by atoms with Crippen LogP contribution in [0.1, 0.15) is 31.9 Å². The van der Waals surface area contributed by atoms with E-state index in [2.05, 4.69) is 28.3 Å². The summed E-state index contributed by atoms with van der Waals surface area (Å²) in [5, 5.41) is 3.42. The third-order valence-corrected chi connectivity index (χ3v) is 3.63. The molecule has 1 aromatic carbocycles. The van der Waals surface area contributed by atoms with Crippen molar-refractivity contribution >= 4 is 5.82 Å². The number of anilines is 1. The number of ether oxygens (including phenoxy) is 3. The SMILES string of the molecule is CCOc1cc(NC(CC)c2ccc3c(c2)OCCO3)ncn1. The standard InChI is InChI=1S/C17H21N3O3/c1-3-13(20-16-10-17(21-4-2)19-11-18-16)12-5-6-14-15(9-12)23-8-7-22-14/h5-6,9-11,13H,3-4,7-8H2,1-2H3,(H,18,19,20). The quantitative estimate of drug-likeness (QED) is 0.883. The molecule has 0 spiro atoms. The Morgan fingerprint density at radius 2 is 1.96 bits per heavy atom. The Kier molecular flexibility index (Phi) is 4.80. The Morgan fingerprint density at radius 1 is 1.13 bits per heavy atom. The van der Waals surface area contributed by atoms with Gasteiger partial charge in [-0.15, -0.1) is 0 Å². The number of hydrogen-bond acceptors (Lipinski definition) is 6. The molecule has 1 N–H and O–H groups in total. The zero-order valence-corrected chi connectivity index (χ0v) is 13.4. The summed E-state index contributed by atoms with van der Waals surface area (Å²) in [6.07, 6.45) is 2.41. The molecule has 0 amide bonds. The van der Waals surface area contributed by atoms with Crippen molar-refractivity contribution in [1.29, 1.82) is 0 Å². The van der Waals surface area contributed by atoms with Gasteiger partial charge >= 0.3 is 0 Å². The Hall–Kier alpha value is -2.50. The molecule has 6 nitrogen and oxygen atoms in total. The van der Waals surface area contributed by atoms with E-state index in [1.165, 1.54) is 6.33 Å². The smallest absolute Gasteiger partial charge is 0.218 e. The molecule has 0 radical (unpaired) electrons. The van der Waals surface area contributed by atoms with Crippen LogP contribution in [-0.4, -0.2) is 29.8 Å². The normalized spacial score (nSPS) is 14.2. The third kappa shape index (κ3) is 3.64. The third-order valence-electron chi connectivity index (χ3n) is 3.63. The Bertz CT molecular complexity index is 663. The van der Waals surface area contributed by atoms with E-state index in [0.29, 0.717) is 25.7 Å². The number of aromatic nitrogens is 2. The van der Waals surface area contributed by atoms with Gasteiger partial charge in [-0.3, -0.25) is 0 Å². The van der Waals surface area contributed by atoms with E-state index in [1.807, 2.05) is 25.1 Å². The van der Waals surface area contributed by atoms with Crippen LogP contribution in [0.4, 0.5) is 5.82 Å². The molecule has 2 aromatic rings. The lowest BCUT2D eigenvalue weighted by molar-refractivity contribution is 0.171. The Labute approximate surface area is 135 Å². The van der Waals surface area contributed by atoms with Crippen LogP contribution in [0, 0.1) is 0 Å². The van der Waals surface area contributed by atoms with Crippen LogP contribution >= 0.6 is 0 Å². The van der Waals surface area contributed by atoms with Gasteiger partial charge in [-0.2, -0.15) is 0 Å². The summed E-state index contributed by atoms with van der Waals surface area (Å²) in [7, 11) is 0. The molecule has 2 heterocycles. The maximum absolute atomic E-state index is 5.66. The second kappa shape index (κ2) is 7.17. The minimum atomic E-state index is 0.121. The molecule has 0 fully saturated rings. The van der Waals surface area contributed by atoms with Gasteiger partial charge in [-0.1, -0.05) is 13.0 Å². The zero-order valence-electron chi connectivity index (χ0n) is 13.4. The zero-order chi connectivity index (χ0) is 16.1. The maximum Gasteiger partial charge on any atom is 0.218 e. The van der Waals surface area contributed by atoms with Crippen molar-refractivity contribution in [2.24, 2.45) is 0 Å². The highest BCUT2D eigenvalue weighted by atomic mass is 16.6. The molecule has 0 saturated heterocycles. The van der Waals surface area contributed by atoms with Crippen LogP contribution in [0.15, 0.2) is 30.6 Å². The molecule has 1 atom stereocenters. The van der Waals surface area contributed by atoms with Gasteiger partial charge in [-0.05, 0) is 31.0 Å². The van der Waals surface area contributed by atoms with Crippen molar-refractivity contribution in [3.63, 3.8) is 0 Å². The van der Waals surface area contributed by atoms with Crippen molar-refractivity contribution in [1.82, 2.24) is 9.97 Å². The monoisotopic (exact) mass is 315 g/mol. The summed E-state index contributed by atoms with van der Waals surface area (Å²) in [5.74, 6) is 2.91. The first-order chi connectivity index (χ1) is 11.3. The van der Waals surface area contributed by atoms with Crippen molar-refractivity contribution in [2.75, 3.05) is 25.1 Å². The van der Waals surface area contributed by atoms with Crippen LogP contribution in [0.2, 0.25) is 0 Å². The molecule has 3 rings (SSSR count). The van der Waals surface area contributed by atoms with Gasteiger partial charge < -0.3 is 19.5 Å². The topological polar surface area (TPSA) is 65.5 Å². The van der Waals surface area contributed by atoms with Gasteiger partial charge in [0.1, 0.15) is 25.4 Å². The molecule has 1 aliphatic rings. The van der Waals surface area contributed by atoms with Gasteiger partial charge in [0.25, 0.3) is 0 Å². The molecule has 0 aliphatic carbocycles. The van der Waals surface area contributed by atoms with E-state index in [0.717, 1.165) is 29.3 Å². The summed E-state index contributed by atoms with van der Waals surface area (Å²) in [5.41, 5.74) is 1.13. The molecule has 0 saturated carbocycles. The number of benzene rings is 1. The molecular formula is C17H21N3O3. The van der Waals surface area contributed by atoms with Crippen molar-refractivity contribution in [3.05, 3.63) is 36.2 Å². The van der Waals surface area contributed by atoms with E-state index in [-0.39, 0.29) is 6.04 Å². The molecule has 1 aliphatic heterocycles. The highest BCUT2D eigenvalue weighted by Gasteiger charge is 2.16. The van der Waals surface area contributed by atoms with Crippen molar-refractivity contribution < 1.29 is 14.2 Å². The summed E-state index contributed by atoms with van der Waals surface area (Å²) >= 11 is 0. The Balaban J connectivity index is 1.78. The molecule has 0 bridgehead atoms. The Morgan fingerprint density at radius 3 is 2.74 bits per heavy atom.